The number of hydroxylamine groups is 1. The molecule has 1 aromatic carbocycles. The molecule has 2 heteroatoms. The van der Waals surface area contributed by atoms with Crippen molar-refractivity contribution in [3.05, 3.63) is 40.6 Å². The van der Waals surface area contributed by atoms with Crippen LogP contribution in [0.15, 0.2) is 24.3 Å². The van der Waals surface area contributed by atoms with E-state index >= 15 is 0 Å². The Hall–Kier alpha value is -0.860. The molecule has 54 valence electrons. The maximum absolute atomic E-state index is 10.1. The lowest BCUT2D eigenvalue weighted by atomic mass is 10.1. The van der Waals surface area contributed by atoms with Gasteiger partial charge < -0.3 is 10.7 Å². The number of rotatable bonds is 2. The average molecular weight is 137 g/mol. The van der Waals surface area contributed by atoms with Crippen molar-refractivity contribution in [2.45, 2.75) is 13.5 Å². The van der Waals surface area contributed by atoms with Crippen molar-refractivity contribution in [3.63, 3.8) is 0 Å². The second-order valence-corrected chi connectivity index (χ2v) is 2.30. The first kappa shape index (κ1) is 7.25. The average Bonchev–Trinajstić information content (AvgIpc) is 1.94. The lowest BCUT2D eigenvalue weighted by Gasteiger charge is -2.04. The summed E-state index contributed by atoms with van der Waals surface area (Å²) in [5.74, 6) is 0. The predicted molar refractivity (Wildman–Crippen MR) is 40.2 cm³/mol. The maximum Gasteiger partial charge on any atom is 0.101 e. The van der Waals surface area contributed by atoms with Crippen LogP contribution in [-0.2, 0) is 6.54 Å². The van der Waals surface area contributed by atoms with Crippen molar-refractivity contribution in [3.8, 4) is 0 Å². The van der Waals surface area contributed by atoms with Gasteiger partial charge in [-0.15, -0.1) is 0 Å². The first-order chi connectivity index (χ1) is 4.84. The Kier molecular flexibility index (Phi) is 2.42. The largest absolute Gasteiger partial charge is 0.636 e. The fraction of sp³-hybridized carbons (Fsp3) is 0.250. The molecule has 0 radical (unpaired) electrons. The smallest absolute Gasteiger partial charge is 0.101 e. The highest BCUT2D eigenvalue weighted by Gasteiger charge is 1.93. The second kappa shape index (κ2) is 3.34. The molecule has 0 heterocycles. The predicted octanol–water partition coefficient (Wildman–Crippen LogP) is 0.556. The third-order valence-electron chi connectivity index (χ3n) is 1.56. The van der Waals surface area contributed by atoms with Crippen molar-refractivity contribution in [1.29, 1.82) is 0 Å². The third-order valence-corrected chi connectivity index (χ3v) is 1.56. The van der Waals surface area contributed by atoms with Gasteiger partial charge in [-0.1, -0.05) is 24.3 Å². The zero-order valence-electron chi connectivity index (χ0n) is 6.00. The van der Waals surface area contributed by atoms with Crippen LogP contribution in [0.2, 0.25) is 0 Å². The van der Waals surface area contributed by atoms with Gasteiger partial charge in [0.25, 0.3) is 0 Å². The Bertz CT molecular complexity index is 210. The molecule has 0 atom stereocenters. The summed E-state index contributed by atoms with van der Waals surface area (Å²) in [6.07, 6.45) is 0. The molecule has 1 rings (SSSR count). The normalized spacial score (nSPS) is 9.80. The Labute approximate surface area is 60.5 Å². The van der Waals surface area contributed by atoms with Crippen LogP contribution >= 0.6 is 0 Å². The zero-order chi connectivity index (χ0) is 7.40. The van der Waals surface area contributed by atoms with Crippen molar-refractivity contribution in [2.75, 3.05) is 0 Å². The molecular formula is C8H11NO. The van der Waals surface area contributed by atoms with Gasteiger partial charge in [0.05, 0.1) is 0 Å². The molecule has 2 nitrogen and oxygen atoms in total. The molecule has 0 saturated carbocycles. The van der Waals surface area contributed by atoms with E-state index in [1.165, 1.54) is 5.56 Å². The van der Waals surface area contributed by atoms with E-state index in [2.05, 4.69) is 0 Å². The van der Waals surface area contributed by atoms with E-state index in [4.69, 9.17) is 0 Å². The summed E-state index contributed by atoms with van der Waals surface area (Å²) in [5.41, 5.74) is 3.24. The van der Waals surface area contributed by atoms with Crippen LogP contribution in [0.25, 0.3) is 0 Å². The SMILES string of the molecule is Cc1ccccc1C[NH2+][O-]. The van der Waals surface area contributed by atoms with E-state index in [-0.39, 0.29) is 0 Å². The number of benzene rings is 1. The fourth-order valence-electron chi connectivity index (χ4n) is 0.929. The molecule has 0 spiro atoms. The highest BCUT2D eigenvalue weighted by atomic mass is 16.5. The van der Waals surface area contributed by atoms with Gasteiger partial charge >= 0.3 is 0 Å². The second-order valence-electron chi connectivity index (χ2n) is 2.30. The van der Waals surface area contributed by atoms with Crippen molar-refractivity contribution < 1.29 is 5.48 Å². The maximum atomic E-state index is 10.1. The minimum atomic E-state index is 0.534. The molecule has 0 unspecified atom stereocenters. The summed E-state index contributed by atoms with van der Waals surface area (Å²) >= 11 is 0. The van der Waals surface area contributed by atoms with Crippen LogP contribution in [0.3, 0.4) is 0 Å². The summed E-state index contributed by atoms with van der Waals surface area (Å²) in [6, 6.07) is 7.91. The Morgan fingerprint density at radius 3 is 2.70 bits per heavy atom. The summed E-state index contributed by atoms with van der Waals surface area (Å²) < 4.78 is 0. The topological polar surface area (TPSA) is 39.7 Å². The Morgan fingerprint density at radius 1 is 1.40 bits per heavy atom. The van der Waals surface area contributed by atoms with Gasteiger partial charge in [0.1, 0.15) is 6.54 Å². The Morgan fingerprint density at radius 2 is 2.10 bits per heavy atom. The highest BCUT2D eigenvalue weighted by Crippen LogP contribution is 2.03. The molecule has 2 N–H and O–H groups in total. The summed E-state index contributed by atoms with van der Waals surface area (Å²) in [6.45, 7) is 2.55. The molecule has 0 amide bonds. The summed E-state index contributed by atoms with van der Waals surface area (Å²) in [5, 5.41) is 10.1. The standard InChI is InChI=1S/C8H11NO/c1-7-4-2-3-5-8(7)6-9-10/h2-5H,6,9H2,1H3. The van der Waals surface area contributed by atoms with Gasteiger partial charge in [0.2, 0.25) is 0 Å². The van der Waals surface area contributed by atoms with Gasteiger partial charge in [-0.25, -0.2) is 0 Å². The Balaban J connectivity index is 2.81. The molecule has 10 heavy (non-hydrogen) atoms. The van der Waals surface area contributed by atoms with E-state index in [9.17, 15) is 5.21 Å². The quantitative estimate of drug-likeness (QED) is 0.594. The molecule has 0 aliphatic rings. The van der Waals surface area contributed by atoms with E-state index in [0.29, 0.717) is 6.54 Å². The molecule has 0 saturated heterocycles. The zero-order valence-corrected chi connectivity index (χ0v) is 6.00. The first-order valence-corrected chi connectivity index (χ1v) is 3.32. The van der Waals surface area contributed by atoms with Crippen molar-refractivity contribution in [2.24, 2.45) is 0 Å². The van der Waals surface area contributed by atoms with Crippen LogP contribution in [0, 0.1) is 12.1 Å². The van der Waals surface area contributed by atoms with Crippen molar-refractivity contribution in [1.82, 2.24) is 0 Å². The minimum Gasteiger partial charge on any atom is -0.636 e. The van der Waals surface area contributed by atoms with Crippen LogP contribution in [-0.4, -0.2) is 0 Å². The van der Waals surface area contributed by atoms with E-state index in [1.807, 2.05) is 31.2 Å². The van der Waals surface area contributed by atoms with Crippen LogP contribution in [0.5, 0.6) is 0 Å². The molecule has 0 aromatic heterocycles. The molecule has 0 aliphatic heterocycles. The first-order valence-electron chi connectivity index (χ1n) is 3.32. The van der Waals surface area contributed by atoms with Gasteiger partial charge in [0.15, 0.2) is 0 Å². The van der Waals surface area contributed by atoms with Gasteiger partial charge in [-0.05, 0) is 12.5 Å². The number of aryl methyl sites for hydroxylation is 1. The van der Waals surface area contributed by atoms with E-state index in [1.54, 1.807) is 0 Å². The molecule has 1 aromatic rings. The number of nitrogens with two attached hydrogens (primary N) is 1. The van der Waals surface area contributed by atoms with Crippen LogP contribution in [0.1, 0.15) is 11.1 Å². The number of quaternary nitrogens is 1. The third kappa shape index (κ3) is 1.56. The van der Waals surface area contributed by atoms with Crippen molar-refractivity contribution >= 4 is 0 Å². The molecular weight excluding hydrogens is 126 g/mol. The highest BCUT2D eigenvalue weighted by molar-refractivity contribution is 5.24. The number of hydrogen-bond donors (Lipinski definition) is 1. The van der Waals surface area contributed by atoms with E-state index in [0.717, 1.165) is 11.0 Å². The van der Waals surface area contributed by atoms with Gasteiger partial charge in [0, 0.05) is 5.56 Å². The monoisotopic (exact) mass is 137 g/mol. The molecule has 0 aliphatic carbocycles. The van der Waals surface area contributed by atoms with Crippen LogP contribution < -0.4 is 5.48 Å². The lowest BCUT2D eigenvalue weighted by molar-refractivity contribution is -0.605. The number of hydrogen-bond acceptors (Lipinski definition) is 1. The summed E-state index contributed by atoms with van der Waals surface area (Å²) in [7, 11) is 0. The molecule has 0 bridgehead atoms. The fourth-order valence-corrected chi connectivity index (χ4v) is 0.929. The lowest BCUT2D eigenvalue weighted by Crippen LogP contribution is -2.75. The van der Waals surface area contributed by atoms with E-state index < -0.39 is 0 Å². The van der Waals surface area contributed by atoms with Gasteiger partial charge in [-0.2, -0.15) is 0 Å². The van der Waals surface area contributed by atoms with Gasteiger partial charge in [-0.3, -0.25) is 0 Å². The minimum absolute atomic E-state index is 0.534. The van der Waals surface area contributed by atoms with Crippen LogP contribution in [0.4, 0.5) is 0 Å². The molecule has 0 fully saturated rings. The summed E-state index contributed by atoms with van der Waals surface area (Å²) in [4.78, 5) is 0.